The van der Waals surface area contributed by atoms with Gasteiger partial charge < -0.3 is 10.1 Å². The number of pyridine rings is 1. The first-order valence-corrected chi connectivity index (χ1v) is 6.57. The molecule has 2 rings (SSSR count). The van der Waals surface area contributed by atoms with E-state index >= 15 is 0 Å². The summed E-state index contributed by atoms with van der Waals surface area (Å²) >= 11 is 5.95. The monoisotopic (exact) mass is 311 g/mol. The Kier molecular flexibility index (Phi) is 5.07. The standard InChI is InChI=1S/C12H14ClN5O3/c1-21-6-2-4-17-5-3-11(16-17)15-12-10(13)7-9(8-14-12)18(19)20/h3,5,7-8H,2,4,6H2,1H3,(H,14,15,16). The van der Waals surface area contributed by atoms with Crippen molar-refractivity contribution in [1.82, 2.24) is 14.8 Å². The Balaban J connectivity index is 2.03. The fourth-order valence-corrected chi connectivity index (χ4v) is 1.87. The van der Waals surface area contributed by atoms with Gasteiger partial charge in [0.05, 0.1) is 9.95 Å². The van der Waals surface area contributed by atoms with Crippen LogP contribution in [0.15, 0.2) is 24.5 Å². The van der Waals surface area contributed by atoms with Crippen LogP contribution >= 0.6 is 11.6 Å². The van der Waals surface area contributed by atoms with Crippen molar-refractivity contribution >= 4 is 28.9 Å². The van der Waals surface area contributed by atoms with Crippen LogP contribution in [0, 0.1) is 10.1 Å². The highest BCUT2D eigenvalue weighted by Crippen LogP contribution is 2.25. The summed E-state index contributed by atoms with van der Waals surface area (Å²) in [7, 11) is 1.65. The van der Waals surface area contributed by atoms with E-state index in [0.717, 1.165) is 19.2 Å². The summed E-state index contributed by atoms with van der Waals surface area (Å²) in [6, 6.07) is 3.01. The molecule has 1 N–H and O–H groups in total. The van der Waals surface area contributed by atoms with Gasteiger partial charge in [0, 0.05) is 38.6 Å². The van der Waals surface area contributed by atoms with Gasteiger partial charge >= 0.3 is 0 Å². The van der Waals surface area contributed by atoms with E-state index in [4.69, 9.17) is 16.3 Å². The molecular formula is C12H14ClN5O3. The van der Waals surface area contributed by atoms with Crippen LogP contribution in [0.4, 0.5) is 17.3 Å². The van der Waals surface area contributed by atoms with Gasteiger partial charge in [-0.05, 0) is 6.42 Å². The predicted molar refractivity (Wildman–Crippen MR) is 77.9 cm³/mol. The van der Waals surface area contributed by atoms with Crippen molar-refractivity contribution in [2.24, 2.45) is 0 Å². The highest BCUT2D eigenvalue weighted by Gasteiger charge is 2.11. The molecule has 2 aromatic heterocycles. The molecule has 0 fully saturated rings. The normalized spacial score (nSPS) is 10.6. The van der Waals surface area contributed by atoms with Crippen LogP contribution in [-0.4, -0.2) is 33.4 Å². The lowest BCUT2D eigenvalue weighted by Crippen LogP contribution is -2.03. The van der Waals surface area contributed by atoms with Gasteiger partial charge in [0.2, 0.25) is 0 Å². The third-order valence-corrected chi connectivity index (χ3v) is 2.95. The Labute approximate surface area is 125 Å². The first-order valence-electron chi connectivity index (χ1n) is 6.19. The highest BCUT2D eigenvalue weighted by molar-refractivity contribution is 6.33. The number of aromatic nitrogens is 3. The van der Waals surface area contributed by atoms with Crippen LogP contribution in [0.3, 0.4) is 0 Å². The van der Waals surface area contributed by atoms with Gasteiger partial charge in [0.25, 0.3) is 5.69 Å². The average Bonchev–Trinajstić information content (AvgIpc) is 2.89. The fraction of sp³-hybridized carbons (Fsp3) is 0.333. The summed E-state index contributed by atoms with van der Waals surface area (Å²) < 4.78 is 6.74. The molecule has 9 heteroatoms. The number of aryl methyl sites for hydroxylation is 1. The minimum Gasteiger partial charge on any atom is -0.385 e. The largest absolute Gasteiger partial charge is 0.385 e. The lowest BCUT2D eigenvalue weighted by Gasteiger charge is -2.04. The van der Waals surface area contributed by atoms with Crippen LogP contribution in [0.2, 0.25) is 5.02 Å². The summed E-state index contributed by atoms with van der Waals surface area (Å²) in [6.45, 7) is 1.40. The van der Waals surface area contributed by atoms with Crippen LogP contribution in [0.25, 0.3) is 0 Å². The SMILES string of the molecule is COCCCn1ccc(Nc2ncc([N+](=O)[O-])cc2Cl)n1. The molecule has 112 valence electrons. The third kappa shape index (κ3) is 4.14. The second-order valence-electron chi connectivity index (χ2n) is 4.22. The molecule has 0 unspecified atom stereocenters. The van der Waals surface area contributed by atoms with Gasteiger partial charge in [0.15, 0.2) is 11.6 Å². The van der Waals surface area contributed by atoms with E-state index < -0.39 is 4.92 Å². The minimum atomic E-state index is -0.548. The number of halogens is 1. The molecule has 0 aliphatic rings. The van der Waals surface area contributed by atoms with Crippen molar-refractivity contribution in [2.75, 3.05) is 19.0 Å². The molecule has 0 amide bonds. The second-order valence-corrected chi connectivity index (χ2v) is 4.62. The molecule has 0 spiro atoms. The molecule has 0 aliphatic heterocycles. The second kappa shape index (κ2) is 7.00. The maximum atomic E-state index is 10.6. The number of hydrogen-bond acceptors (Lipinski definition) is 6. The zero-order valence-electron chi connectivity index (χ0n) is 11.3. The predicted octanol–water partition coefficient (Wildman–Crippen LogP) is 2.62. The van der Waals surface area contributed by atoms with Crippen molar-refractivity contribution in [2.45, 2.75) is 13.0 Å². The molecule has 0 aliphatic carbocycles. The van der Waals surface area contributed by atoms with Crippen LogP contribution in [0.5, 0.6) is 0 Å². The molecule has 0 saturated heterocycles. The summed E-state index contributed by atoms with van der Waals surface area (Å²) in [5.41, 5.74) is -0.157. The van der Waals surface area contributed by atoms with E-state index in [0.29, 0.717) is 18.2 Å². The minimum absolute atomic E-state index is 0.157. The number of nitro groups is 1. The molecule has 0 aromatic carbocycles. The van der Waals surface area contributed by atoms with Gasteiger partial charge in [-0.2, -0.15) is 5.10 Å². The number of nitrogens with zero attached hydrogens (tertiary/aromatic N) is 4. The maximum absolute atomic E-state index is 10.6. The van der Waals surface area contributed by atoms with E-state index in [-0.39, 0.29) is 10.7 Å². The topological polar surface area (TPSA) is 95.1 Å². The highest BCUT2D eigenvalue weighted by atomic mass is 35.5. The summed E-state index contributed by atoms with van der Waals surface area (Å²) in [4.78, 5) is 14.0. The number of nitrogens with one attached hydrogen (secondary N) is 1. The zero-order valence-corrected chi connectivity index (χ0v) is 12.1. The maximum Gasteiger partial charge on any atom is 0.289 e. The van der Waals surface area contributed by atoms with Gasteiger partial charge in [0.1, 0.15) is 6.20 Å². The van der Waals surface area contributed by atoms with E-state index in [2.05, 4.69) is 15.4 Å². The number of rotatable bonds is 7. The Hall–Kier alpha value is -2.19. The molecule has 8 nitrogen and oxygen atoms in total. The Bertz CT molecular complexity index is 631. The van der Waals surface area contributed by atoms with E-state index in [1.807, 2.05) is 6.20 Å². The molecule has 2 heterocycles. The van der Waals surface area contributed by atoms with Crippen LogP contribution < -0.4 is 5.32 Å². The van der Waals surface area contributed by atoms with Crippen molar-refractivity contribution in [3.8, 4) is 0 Å². The fourth-order valence-electron chi connectivity index (χ4n) is 1.66. The van der Waals surface area contributed by atoms with E-state index in [9.17, 15) is 10.1 Å². The lowest BCUT2D eigenvalue weighted by molar-refractivity contribution is -0.385. The number of methoxy groups -OCH3 is 1. The molecule has 2 aromatic rings. The van der Waals surface area contributed by atoms with E-state index in [1.165, 1.54) is 6.07 Å². The average molecular weight is 312 g/mol. The Morgan fingerprint density at radius 2 is 2.38 bits per heavy atom. The van der Waals surface area contributed by atoms with Gasteiger partial charge in [-0.3, -0.25) is 14.8 Å². The first-order chi connectivity index (χ1) is 10.1. The molecular weight excluding hydrogens is 298 g/mol. The van der Waals surface area contributed by atoms with Crippen LogP contribution in [0.1, 0.15) is 6.42 Å². The van der Waals surface area contributed by atoms with Crippen molar-refractivity contribution in [3.05, 3.63) is 39.7 Å². The van der Waals surface area contributed by atoms with Crippen molar-refractivity contribution in [1.29, 1.82) is 0 Å². The third-order valence-electron chi connectivity index (χ3n) is 2.66. The van der Waals surface area contributed by atoms with Gasteiger partial charge in [-0.1, -0.05) is 11.6 Å². The molecule has 21 heavy (non-hydrogen) atoms. The van der Waals surface area contributed by atoms with Crippen molar-refractivity contribution in [3.63, 3.8) is 0 Å². The molecule has 0 radical (unpaired) electrons. The number of anilines is 2. The van der Waals surface area contributed by atoms with E-state index in [1.54, 1.807) is 17.9 Å². The molecule has 0 atom stereocenters. The van der Waals surface area contributed by atoms with Crippen molar-refractivity contribution < 1.29 is 9.66 Å². The smallest absolute Gasteiger partial charge is 0.289 e. The summed E-state index contributed by atoms with van der Waals surface area (Å²) in [5, 5.41) is 18.0. The van der Waals surface area contributed by atoms with Gasteiger partial charge in [-0.25, -0.2) is 4.98 Å². The zero-order chi connectivity index (χ0) is 15.2. The molecule has 0 saturated carbocycles. The summed E-state index contributed by atoms with van der Waals surface area (Å²) in [5.74, 6) is 0.889. The first kappa shape index (κ1) is 15.2. The van der Waals surface area contributed by atoms with Gasteiger partial charge in [-0.15, -0.1) is 0 Å². The van der Waals surface area contributed by atoms with Crippen LogP contribution in [-0.2, 0) is 11.3 Å². The molecule has 0 bridgehead atoms. The number of hydrogen-bond donors (Lipinski definition) is 1. The quantitative estimate of drug-likeness (QED) is 0.480. The Morgan fingerprint density at radius 1 is 1.57 bits per heavy atom. The summed E-state index contributed by atoms with van der Waals surface area (Å²) in [6.07, 6.45) is 3.81. The number of ether oxygens (including phenoxy) is 1. The Morgan fingerprint density at radius 3 is 3.05 bits per heavy atom. The lowest BCUT2D eigenvalue weighted by atomic mass is 10.4.